The first-order chi connectivity index (χ1) is 3.89. The van der Waals surface area contributed by atoms with Gasteiger partial charge in [0, 0.05) is 24.8 Å². The summed E-state index contributed by atoms with van der Waals surface area (Å²) in [5.41, 5.74) is 0. The molecular weight excluding hydrogens is 122 g/mol. The highest BCUT2D eigenvalue weighted by Crippen LogP contribution is 2.07. The molecule has 44 valence electrons. The van der Waals surface area contributed by atoms with E-state index in [0.29, 0.717) is 18.6 Å². The summed E-state index contributed by atoms with van der Waals surface area (Å²) in [7, 11) is 0. The smallest absolute Gasteiger partial charge is 0.139 e. The fourth-order valence-electron chi connectivity index (χ4n) is 0.506. The normalized spacial score (nSPS) is 20.8. The monoisotopic (exact) mass is 129 g/mol. The van der Waals surface area contributed by atoms with Crippen molar-refractivity contribution in [2.24, 2.45) is 4.40 Å². The SMILES string of the molecule is O=C1CC=NSCC1. The second kappa shape index (κ2) is 2.87. The van der Waals surface area contributed by atoms with Gasteiger partial charge in [-0.1, -0.05) is 0 Å². The lowest BCUT2D eigenvalue weighted by atomic mass is 10.2. The molecule has 2 nitrogen and oxygen atoms in total. The van der Waals surface area contributed by atoms with Crippen molar-refractivity contribution in [3.8, 4) is 0 Å². The molecule has 0 atom stereocenters. The maximum atomic E-state index is 10.6. The molecule has 0 saturated heterocycles. The minimum absolute atomic E-state index is 0.304. The number of rotatable bonds is 0. The zero-order chi connectivity index (χ0) is 5.82. The Morgan fingerprint density at radius 1 is 1.75 bits per heavy atom. The fraction of sp³-hybridized carbons (Fsp3) is 0.600. The highest BCUT2D eigenvalue weighted by atomic mass is 32.2. The lowest BCUT2D eigenvalue weighted by molar-refractivity contribution is -0.117. The van der Waals surface area contributed by atoms with E-state index in [0.717, 1.165) is 5.75 Å². The van der Waals surface area contributed by atoms with Gasteiger partial charge in [-0.2, -0.15) is 0 Å². The average Bonchev–Trinajstić information content (AvgIpc) is 1.94. The first-order valence-electron chi connectivity index (χ1n) is 2.55. The molecule has 1 aliphatic rings. The van der Waals surface area contributed by atoms with Crippen LogP contribution in [0.1, 0.15) is 12.8 Å². The first kappa shape index (κ1) is 5.82. The quantitative estimate of drug-likeness (QED) is 0.458. The molecule has 1 heterocycles. The Morgan fingerprint density at radius 2 is 2.62 bits per heavy atom. The molecule has 0 aromatic rings. The molecule has 1 rings (SSSR count). The minimum atomic E-state index is 0.304. The van der Waals surface area contributed by atoms with Crippen LogP contribution < -0.4 is 0 Å². The van der Waals surface area contributed by atoms with Crippen molar-refractivity contribution < 1.29 is 4.79 Å². The van der Waals surface area contributed by atoms with E-state index in [-0.39, 0.29) is 0 Å². The molecular formula is C5H7NOS. The Kier molecular flexibility index (Phi) is 2.09. The predicted molar refractivity (Wildman–Crippen MR) is 35.2 cm³/mol. The zero-order valence-corrected chi connectivity index (χ0v) is 5.28. The number of hydrogen-bond acceptors (Lipinski definition) is 3. The van der Waals surface area contributed by atoms with E-state index in [2.05, 4.69) is 4.40 Å². The molecule has 0 bridgehead atoms. The lowest BCUT2D eigenvalue weighted by Crippen LogP contribution is -1.95. The van der Waals surface area contributed by atoms with Crippen molar-refractivity contribution in [2.75, 3.05) is 5.75 Å². The van der Waals surface area contributed by atoms with Crippen LogP contribution in [0.2, 0.25) is 0 Å². The topological polar surface area (TPSA) is 29.4 Å². The van der Waals surface area contributed by atoms with Crippen LogP contribution in [0.5, 0.6) is 0 Å². The summed E-state index contributed by atoms with van der Waals surface area (Å²) in [4.78, 5) is 10.6. The lowest BCUT2D eigenvalue weighted by Gasteiger charge is -1.85. The highest BCUT2D eigenvalue weighted by Gasteiger charge is 2.01. The van der Waals surface area contributed by atoms with E-state index in [1.54, 1.807) is 6.21 Å². The number of ketones is 1. The number of carbonyl (C=O) groups excluding carboxylic acids is 1. The number of hydrogen-bond donors (Lipinski definition) is 0. The molecule has 0 radical (unpaired) electrons. The van der Waals surface area contributed by atoms with Gasteiger partial charge in [-0.05, 0) is 11.9 Å². The number of nitrogens with zero attached hydrogens (tertiary/aromatic N) is 1. The van der Waals surface area contributed by atoms with Crippen LogP contribution >= 0.6 is 11.9 Å². The fourth-order valence-corrected chi connectivity index (χ4v) is 1.11. The average molecular weight is 129 g/mol. The second-order valence-corrected chi connectivity index (χ2v) is 2.49. The largest absolute Gasteiger partial charge is 0.299 e. The van der Waals surface area contributed by atoms with Crippen LogP contribution in [0.3, 0.4) is 0 Å². The Labute approximate surface area is 52.5 Å². The van der Waals surface area contributed by atoms with Gasteiger partial charge >= 0.3 is 0 Å². The third-order valence-electron chi connectivity index (χ3n) is 0.940. The summed E-state index contributed by atoms with van der Waals surface area (Å²) in [5.74, 6) is 1.16. The van der Waals surface area contributed by atoms with Gasteiger partial charge in [-0.25, -0.2) is 4.40 Å². The molecule has 0 fully saturated rings. The van der Waals surface area contributed by atoms with Gasteiger partial charge < -0.3 is 0 Å². The van der Waals surface area contributed by atoms with E-state index in [1.165, 1.54) is 11.9 Å². The molecule has 0 N–H and O–H groups in total. The van der Waals surface area contributed by atoms with Crippen molar-refractivity contribution in [2.45, 2.75) is 12.8 Å². The number of Topliss-reactive ketones (excluding diaryl/α,β-unsaturated/α-hetero) is 1. The highest BCUT2D eigenvalue weighted by molar-refractivity contribution is 7.98. The van der Waals surface area contributed by atoms with Crippen molar-refractivity contribution >= 4 is 23.9 Å². The standard InChI is InChI=1S/C5H7NOS/c7-5-1-3-6-8-4-2-5/h3H,1-2,4H2. The molecule has 3 heteroatoms. The maximum absolute atomic E-state index is 10.6. The maximum Gasteiger partial charge on any atom is 0.139 e. The Morgan fingerprint density at radius 3 is 3.50 bits per heavy atom. The van der Waals surface area contributed by atoms with Gasteiger partial charge in [-0.15, -0.1) is 0 Å². The zero-order valence-electron chi connectivity index (χ0n) is 4.46. The van der Waals surface area contributed by atoms with Crippen LogP contribution in [-0.2, 0) is 4.79 Å². The molecule has 0 spiro atoms. The van der Waals surface area contributed by atoms with E-state index < -0.39 is 0 Å². The van der Waals surface area contributed by atoms with Crippen molar-refractivity contribution in [1.82, 2.24) is 0 Å². The van der Waals surface area contributed by atoms with Gasteiger partial charge in [0.2, 0.25) is 0 Å². The molecule has 0 saturated carbocycles. The van der Waals surface area contributed by atoms with E-state index in [9.17, 15) is 4.79 Å². The Balaban J connectivity index is 2.41. The third-order valence-corrected chi connectivity index (χ3v) is 1.63. The third kappa shape index (κ3) is 1.66. The first-order valence-corrected chi connectivity index (χ1v) is 3.49. The molecule has 0 aromatic carbocycles. The molecule has 0 aromatic heterocycles. The summed E-state index contributed by atoms with van der Waals surface area (Å²) in [6, 6.07) is 0. The van der Waals surface area contributed by atoms with E-state index >= 15 is 0 Å². The second-order valence-electron chi connectivity index (χ2n) is 1.61. The van der Waals surface area contributed by atoms with Crippen LogP contribution in [0.15, 0.2) is 4.40 Å². The Hall–Kier alpha value is -0.310. The van der Waals surface area contributed by atoms with Gasteiger partial charge in [0.15, 0.2) is 0 Å². The van der Waals surface area contributed by atoms with Crippen LogP contribution in [0.4, 0.5) is 0 Å². The summed E-state index contributed by atoms with van der Waals surface area (Å²) >= 11 is 1.47. The van der Waals surface area contributed by atoms with E-state index in [1.807, 2.05) is 0 Å². The van der Waals surface area contributed by atoms with E-state index in [4.69, 9.17) is 0 Å². The summed E-state index contributed by atoms with van der Waals surface area (Å²) in [6.07, 6.45) is 2.90. The van der Waals surface area contributed by atoms with Gasteiger partial charge in [0.05, 0.1) is 0 Å². The Bertz CT molecular complexity index is 122. The molecule has 1 aliphatic heterocycles. The molecule has 0 amide bonds. The van der Waals surface area contributed by atoms with Crippen molar-refractivity contribution in [3.63, 3.8) is 0 Å². The van der Waals surface area contributed by atoms with Gasteiger partial charge in [0.25, 0.3) is 0 Å². The molecule has 0 unspecified atom stereocenters. The van der Waals surface area contributed by atoms with Crippen LogP contribution in [0.25, 0.3) is 0 Å². The molecule has 8 heavy (non-hydrogen) atoms. The van der Waals surface area contributed by atoms with Gasteiger partial charge in [0.1, 0.15) is 5.78 Å². The van der Waals surface area contributed by atoms with Crippen molar-refractivity contribution in [1.29, 1.82) is 0 Å². The number of carbonyl (C=O) groups is 1. The van der Waals surface area contributed by atoms with Gasteiger partial charge in [-0.3, -0.25) is 4.79 Å². The van der Waals surface area contributed by atoms with Crippen LogP contribution in [-0.4, -0.2) is 17.8 Å². The summed E-state index contributed by atoms with van der Waals surface area (Å²) < 4.78 is 3.89. The minimum Gasteiger partial charge on any atom is -0.299 e. The van der Waals surface area contributed by atoms with Crippen LogP contribution in [0, 0.1) is 0 Å². The van der Waals surface area contributed by atoms with Crippen molar-refractivity contribution in [3.05, 3.63) is 0 Å². The predicted octanol–water partition coefficient (Wildman–Crippen LogP) is 1.07. The summed E-state index contributed by atoms with van der Waals surface area (Å²) in [6.45, 7) is 0. The molecule has 0 aliphatic carbocycles. The summed E-state index contributed by atoms with van der Waals surface area (Å²) in [5, 5.41) is 0.